The van der Waals surface area contributed by atoms with Gasteiger partial charge in [-0.25, -0.2) is 4.79 Å². The molecule has 32 heavy (non-hydrogen) atoms. The minimum atomic E-state index is -0.499. The highest BCUT2D eigenvalue weighted by Crippen LogP contribution is 2.39. The van der Waals surface area contributed by atoms with E-state index in [1.807, 2.05) is 37.3 Å². The quantitative estimate of drug-likeness (QED) is 0.558. The fourth-order valence-electron chi connectivity index (χ4n) is 5.54. The molecule has 2 aliphatic rings. The van der Waals surface area contributed by atoms with Gasteiger partial charge < -0.3 is 20.4 Å². The van der Waals surface area contributed by atoms with Gasteiger partial charge in [0.15, 0.2) is 0 Å². The number of rotatable bonds is 5. The highest BCUT2D eigenvalue weighted by Gasteiger charge is 2.32. The molecule has 0 aliphatic carbocycles. The van der Waals surface area contributed by atoms with E-state index in [-0.39, 0.29) is 0 Å². The summed E-state index contributed by atoms with van der Waals surface area (Å²) in [6.07, 6.45) is 8.58. The first-order chi connectivity index (χ1) is 15.6. The Morgan fingerprint density at radius 2 is 1.94 bits per heavy atom. The molecule has 3 aromatic rings. The summed E-state index contributed by atoms with van der Waals surface area (Å²) in [5, 5.41) is 1.19. The summed E-state index contributed by atoms with van der Waals surface area (Å²) in [5.41, 5.74) is 9.79. The number of fused-ring (bicyclic) bond motifs is 2. The number of carbonyl (C=O) groups excluding carboxylic acids is 1. The van der Waals surface area contributed by atoms with E-state index in [1.54, 1.807) is 4.90 Å². The molecule has 2 saturated heterocycles. The predicted octanol–water partition coefficient (Wildman–Crippen LogP) is 5.52. The Kier molecular flexibility index (Phi) is 5.79. The molecule has 2 aromatic carbocycles. The molecule has 1 aromatic heterocycles. The summed E-state index contributed by atoms with van der Waals surface area (Å²) in [7, 11) is 0. The second-order valence-corrected chi connectivity index (χ2v) is 8.98. The van der Waals surface area contributed by atoms with Crippen LogP contribution in [-0.2, 0) is 0 Å². The van der Waals surface area contributed by atoms with Crippen molar-refractivity contribution in [3.05, 3.63) is 54.2 Å². The number of H-pyrrole nitrogens is 1. The molecular weight excluding hydrogens is 400 g/mol. The van der Waals surface area contributed by atoms with Gasteiger partial charge in [0, 0.05) is 23.1 Å². The number of aromatic nitrogens is 1. The Balaban J connectivity index is 1.46. The number of hydrogen-bond acceptors (Lipinski definition) is 3. The maximum absolute atomic E-state index is 12.4. The Labute approximate surface area is 189 Å². The fraction of sp³-hybridized carbons (Fsp3) is 0.423. The van der Waals surface area contributed by atoms with Crippen LogP contribution in [0.15, 0.2) is 48.7 Å². The van der Waals surface area contributed by atoms with Gasteiger partial charge in [0.2, 0.25) is 0 Å². The van der Waals surface area contributed by atoms with E-state index in [0.717, 1.165) is 22.6 Å². The van der Waals surface area contributed by atoms with Gasteiger partial charge in [-0.1, -0.05) is 6.42 Å². The smallest absolute Gasteiger partial charge is 0.323 e. The van der Waals surface area contributed by atoms with Crippen molar-refractivity contribution in [2.75, 3.05) is 24.6 Å². The molecule has 0 spiro atoms. The number of amides is 2. The summed E-state index contributed by atoms with van der Waals surface area (Å²) < 4.78 is 5.53. The van der Waals surface area contributed by atoms with Crippen LogP contribution in [0.4, 0.5) is 16.2 Å². The first kappa shape index (κ1) is 20.9. The van der Waals surface area contributed by atoms with E-state index in [0.29, 0.717) is 18.6 Å². The van der Waals surface area contributed by atoms with E-state index in [4.69, 9.17) is 10.5 Å². The van der Waals surface area contributed by atoms with Crippen molar-refractivity contribution >= 4 is 28.3 Å². The van der Waals surface area contributed by atoms with E-state index in [9.17, 15) is 4.79 Å². The zero-order valence-corrected chi connectivity index (χ0v) is 18.7. The van der Waals surface area contributed by atoms with Crippen molar-refractivity contribution in [2.45, 2.75) is 51.0 Å². The highest BCUT2D eigenvalue weighted by atomic mass is 16.5. The number of benzene rings is 2. The second kappa shape index (κ2) is 8.87. The molecule has 0 bridgehead atoms. The number of nitrogens with zero attached hydrogens (tertiary/aromatic N) is 2. The number of primary amides is 1. The lowest BCUT2D eigenvalue weighted by Crippen LogP contribution is -2.44. The molecule has 6 heteroatoms. The average molecular weight is 433 g/mol. The van der Waals surface area contributed by atoms with Gasteiger partial charge >= 0.3 is 6.03 Å². The number of piperidine rings is 2. The van der Waals surface area contributed by atoms with Crippen molar-refractivity contribution < 1.29 is 9.53 Å². The molecular formula is C26H32N4O2. The van der Waals surface area contributed by atoms with Gasteiger partial charge in [-0.3, -0.25) is 4.90 Å². The van der Waals surface area contributed by atoms with Gasteiger partial charge in [0.05, 0.1) is 18.0 Å². The van der Waals surface area contributed by atoms with Crippen molar-refractivity contribution in [2.24, 2.45) is 5.73 Å². The molecule has 2 fully saturated rings. The van der Waals surface area contributed by atoms with Crippen LogP contribution in [0.1, 0.15) is 50.5 Å². The van der Waals surface area contributed by atoms with Crippen molar-refractivity contribution in [3.63, 3.8) is 0 Å². The zero-order chi connectivity index (χ0) is 22.1. The maximum atomic E-state index is 12.4. The normalized spacial score (nSPS) is 21.3. The van der Waals surface area contributed by atoms with Gasteiger partial charge in [-0.05, 0) is 99.6 Å². The van der Waals surface area contributed by atoms with Crippen molar-refractivity contribution in [1.29, 1.82) is 0 Å². The third kappa shape index (κ3) is 3.95. The number of urea groups is 1. The fourth-order valence-corrected chi connectivity index (χ4v) is 5.54. The SMILES string of the molecule is CCOc1ccc(N(C(N)=O)c2ccc3[nH]cc(C4CCN5CCCCC5C4)c3c2)cc1. The lowest BCUT2D eigenvalue weighted by atomic mass is 9.82. The minimum absolute atomic E-state index is 0.499. The molecule has 6 nitrogen and oxygen atoms in total. The molecule has 2 amide bonds. The first-order valence-corrected chi connectivity index (χ1v) is 11.8. The standard InChI is InChI=1S/C26H32N4O2/c1-2-32-22-9-6-19(7-10-22)30(26(27)31)21-8-11-25-23(16-21)24(17-28-25)18-12-14-29-13-4-3-5-20(29)15-18/h6-11,16-18,20,28H,2-5,12-15H2,1H3,(H2,27,31). The number of ether oxygens (including phenoxy) is 1. The number of hydrogen-bond donors (Lipinski definition) is 2. The van der Waals surface area contributed by atoms with Crippen LogP contribution in [0.2, 0.25) is 0 Å². The molecule has 2 unspecified atom stereocenters. The summed E-state index contributed by atoms with van der Waals surface area (Å²) in [5.74, 6) is 1.32. The maximum Gasteiger partial charge on any atom is 0.323 e. The van der Waals surface area contributed by atoms with Gasteiger partial charge in [0.25, 0.3) is 0 Å². The zero-order valence-electron chi connectivity index (χ0n) is 18.7. The average Bonchev–Trinajstić information content (AvgIpc) is 3.23. The molecule has 0 saturated carbocycles. The van der Waals surface area contributed by atoms with Crippen LogP contribution in [0.25, 0.3) is 10.9 Å². The third-order valence-electron chi connectivity index (χ3n) is 7.09. The molecule has 5 rings (SSSR count). The molecule has 3 heterocycles. The van der Waals surface area contributed by atoms with Crippen LogP contribution >= 0.6 is 0 Å². The van der Waals surface area contributed by atoms with E-state index in [2.05, 4.69) is 28.2 Å². The molecule has 2 aliphatic heterocycles. The minimum Gasteiger partial charge on any atom is -0.494 e. The number of nitrogens with one attached hydrogen (secondary N) is 1. The largest absolute Gasteiger partial charge is 0.494 e. The number of aromatic amines is 1. The van der Waals surface area contributed by atoms with E-state index < -0.39 is 6.03 Å². The van der Waals surface area contributed by atoms with Gasteiger partial charge in [-0.15, -0.1) is 0 Å². The monoisotopic (exact) mass is 432 g/mol. The molecule has 3 N–H and O–H groups in total. The lowest BCUT2D eigenvalue weighted by molar-refractivity contribution is 0.0977. The lowest BCUT2D eigenvalue weighted by Gasteiger charge is -2.42. The summed E-state index contributed by atoms with van der Waals surface area (Å²) in [4.78, 5) is 20.1. The Morgan fingerprint density at radius 3 is 2.72 bits per heavy atom. The second-order valence-electron chi connectivity index (χ2n) is 8.98. The third-order valence-corrected chi connectivity index (χ3v) is 7.09. The van der Waals surface area contributed by atoms with E-state index in [1.165, 1.54) is 56.1 Å². The van der Waals surface area contributed by atoms with E-state index >= 15 is 0 Å². The van der Waals surface area contributed by atoms with Gasteiger partial charge in [0.1, 0.15) is 5.75 Å². The summed E-state index contributed by atoms with van der Waals surface area (Å²) in [6.45, 7) is 4.99. The number of anilines is 2. The number of carbonyl (C=O) groups is 1. The van der Waals surface area contributed by atoms with Crippen molar-refractivity contribution in [3.8, 4) is 5.75 Å². The molecule has 2 atom stereocenters. The molecule has 168 valence electrons. The topological polar surface area (TPSA) is 74.6 Å². The van der Waals surface area contributed by atoms with Crippen LogP contribution < -0.4 is 15.4 Å². The number of nitrogens with two attached hydrogens (primary N) is 1. The van der Waals surface area contributed by atoms with Crippen LogP contribution in [-0.4, -0.2) is 41.7 Å². The van der Waals surface area contributed by atoms with Crippen LogP contribution in [0.5, 0.6) is 5.75 Å². The summed E-state index contributed by atoms with van der Waals surface area (Å²) in [6, 6.07) is 13.8. The molecule has 0 radical (unpaired) electrons. The van der Waals surface area contributed by atoms with Crippen LogP contribution in [0.3, 0.4) is 0 Å². The van der Waals surface area contributed by atoms with Crippen molar-refractivity contribution in [1.82, 2.24) is 9.88 Å². The Morgan fingerprint density at radius 1 is 1.12 bits per heavy atom. The Hall–Kier alpha value is -2.99. The summed E-state index contributed by atoms with van der Waals surface area (Å²) >= 11 is 0. The Bertz CT molecular complexity index is 1090. The predicted molar refractivity (Wildman–Crippen MR) is 129 cm³/mol. The van der Waals surface area contributed by atoms with Gasteiger partial charge in [-0.2, -0.15) is 0 Å². The highest BCUT2D eigenvalue weighted by molar-refractivity contribution is 6.01. The first-order valence-electron chi connectivity index (χ1n) is 11.8. The van der Waals surface area contributed by atoms with Crippen LogP contribution in [0, 0.1) is 0 Å².